The third kappa shape index (κ3) is 2.94. The maximum Gasteiger partial charge on any atom is 0.127 e. The summed E-state index contributed by atoms with van der Waals surface area (Å²) in [6.07, 6.45) is 1.85. The summed E-state index contributed by atoms with van der Waals surface area (Å²) in [6.45, 7) is 1.49. The van der Waals surface area contributed by atoms with Crippen molar-refractivity contribution < 1.29 is 9.13 Å². The Balaban J connectivity index is 0.00000128. The van der Waals surface area contributed by atoms with Gasteiger partial charge in [-0.1, -0.05) is 18.2 Å². The number of rotatable bonds is 2. The molecule has 90 valence electrons. The van der Waals surface area contributed by atoms with Crippen LogP contribution >= 0.6 is 12.4 Å². The summed E-state index contributed by atoms with van der Waals surface area (Å²) in [5.41, 5.74) is 6.70. The summed E-state index contributed by atoms with van der Waals surface area (Å²) in [4.78, 5) is 0. The summed E-state index contributed by atoms with van der Waals surface area (Å²) in [7, 11) is 0. The zero-order valence-corrected chi connectivity index (χ0v) is 9.88. The van der Waals surface area contributed by atoms with Gasteiger partial charge in [-0.15, -0.1) is 12.4 Å². The monoisotopic (exact) mass is 245 g/mol. The van der Waals surface area contributed by atoms with E-state index in [0.717, 1.165) is 26.1 Å². The zero-order chi connectivity index (χ0) is 10.7. The first kappa shape index (κ1) is 13.4. The van der Waals surface area contributed by atoms with Gasteiger partial charge in [0, 0.05) is 24.8 Å². The van der Waals surface area contributed by atoms with Crippen LogP contribution in [0.5, 0.6) is 0 Å². The predicted octanol–water partition coefficient (Wildman–Crippen LogP) is 2.67. The topological polar surface area (TPSA) is 35.2 Å². The predicted molar refractivity (Wildman–Crippen MR) is 64.1 cm³/mol. The highest BCUT2D eigenvalue weighted by Crippen LogP contribution is 2.29. The van der Waals surface area contributed by atoms with Crippen LogP contribution in [-0.2, 0) is 4.74 Å². The number of hydrogen-bond donors (Lipinski definition) is 1. The molecule has 0 spiro atoms. The molecule has 1 heterocycles. The standard InChI is InChI=1S/C12H16FNO.ClH/c13-11-4-2-1-3-10(11)12(14)9-5-7-15-8-6-9;/h1-4,9,12H,5-8,14H2;1H. The molecule has 1 aliphatic rings. The molecule has 0 saturated carbocycles. The lowest BCUT2D eigenvalue weighted by Gasteiger charge is -2.28. The van der Waals surface area contributed by atoms with Crippen LogP contribution in [0, 0.1) is 11.7 Å². The van der Waals surface area contributed by atoms with E-state index in [2.05, 4.69) is 0 Å². The Morgan fingerprint density at radius 3 is 2.50 bits per heavy atom. The quantitative estimate of drug-likeness (QED) is 0.870. The maximum atomic E-state index is 13.5. The van der Waals surface area contributed by atoms with Gasteiger partial charge in [-0.3, -0.25) is 0 Å². The summed E-state index contributed by atoms with van der Waals surface area (Å²) >= 11 is 0. The minimum absolute atomic E-state index is 0. The molecule has 1 aromatic carbocycles. The van der Waals surface area contributed by atoms with E-state index < -0.39 is 0 Å². The SMILES string of the molecule is Cl.NC(c1ccccc1F)C1CCOCC1. The van der Waals surface area contributed by atoms with Crippen molar-refractivity contribution in [1.29, 1.82) is 0 Å². The smallest absolute Gasteiger partial charge is 0.127 e. The van der Waals surface area contributed by atoms with Gasteiger partial charge in [0.05, 0.1) is 0 Å². The Hall–Kier alpha value is -0.640. The van der Waals surface area contributed by atoms with Crippen molar-refractivity contribution in [1.82, 2.24) is 0 Å². The number of ether oxygens (including phenoxy) is 1. The second kappa shape index (κ2) is 6.18. The van der Waals surface area contributed by atoms with Crippen molar-refractivity contribution >= 4 is 12.4 Å². The van der Waals surface area contributed by atoms with Crippen LogP contribution < -0.4 is 5.73 Å². The average molecular weight is 246 g/mol. The first-order chi connectivity index (χ1) is 7.29. The lowest BCUT2D eigenvalue weighted by molar-refractivity contribution is 0.0580. The van der Waals surface area contributed by atoms with E-state index in [9.17, 15) is 4.39 Å². The van der Waals surface area contributed by atoms with E-state index >= 15 is 0 Å². The molecule has 0 bridgehead atoms. The fraction of sp³-hybridized carbons (Fsp3) is 0.500. The number of hydrogen-bond acceptors (Lipinski definition) is 2. The van der Waals surface area contributed by atoms with Crippen LogP contribution in [0.1, 0.15) is 24.4 Å². The lowest BCUT2D eigenvalue weighted by Crippen LogP contribution is -2.28. The number of benzene rings is 1. The first-order valence-corrected chi connectivity index (χ1v) is 5.37. The van der Waals surface area contributed by atoms with Gasteiger partial charge >= 0.3 is 0 Å². The van der Waals surface area contributed by atoms with Crippen molar-refractivity contribution in [3.05, 3.63) is 35.6 Å². The van der Waals surface area contributed by atoms with Crippen LogP contribution in [0.3, 0.4) is 0 Å². The summed E-state index contributed by atoms with van der Waals surface area (Å²) < 4.78 is 18.8. The highest BCUT2D eigenvalue weighted by molar-refractivity contribution is 5.85. The van der Waals surface area contributed by atoms with Gasteiger partial charge in [-0.25, -0.2) is 4.39 Å². The Morgan fingerprint density at radius 1 is 1.25 bits per heavy atom. The highest BCUT2D eigenvalue weighted by atomic mass is 35.5. The Labute approximate surface area is 101 Å². The van der Waals surface area contributed by atoms with Gasteiger partial charge < -0.3 is 10.5 Å². The third-order valence-electron chi connectivity index (χ3n) is 3.04. The zero-order valence-electron chi connectivity index (χ0n) is 9.06. The fourth-order valence-electron chi connectivity index (χ4n) is 2.07. The second-order valence-electron chi connectivity index (χ2n) is 4.00. The van der Waals surface area contributed by atoms with Crippen molar-refractivity contribution in [2.75, 3.05) is 13.2 Å². The minimum atomic E-state index is -0.199. The Morgan fingerprint density at radius 2 is 1.88 bits per heavy atom. The van der Waals surface area contributed by atoms with E-state index in [-0.39, 0.29) is 24.3 Å². The van der Waals surface area contributed by atoms with Crippen molar-refractivity contribution in [2.45, 2.75) is 18.9 Å². The Bertz CT molecular complexity index is 329. The summed E-state index contributed by atoms with van der Waals surface area (Å²) in [5.74, 6) is 0.146. The molecule has 2 rings (SSSR count). The van der Waals surface area contributed by atoms with E-state index in [1.807, 2.05) is 6.07 Å². The van der Waals surface area contributed by atoms with E-state index in [4.69, 9.17) is 10.5 Å². The van der Waals surface area contributed by atoms with Gasteiger partial charge in [0.1, 0.15) is 5.82 Å². The molecule has 2 nitrogen and oxygen atoms in total. The second-order valence-corrected chi connectivity index (χ2v) is 4.00. The normalized spacial score (nSPS) is 18.9. The van der Waals surface area contributed by atoms with E-state index in [0.29, 0.717) is 11.5 Å². The molecule has 4 heteroatoms. The third-order valence-corrected chi connectivity index (χ3v) is 3.04. The van der Waals surface area contributed by atoms with Crippen molar-refractivity contribution in [2.24, 2.45) is 11.7 Å². The largest absolute Gasteiger partial charge is 0.381 e. The molecular formula is C12H17ClFNO. The molecule has 0 amide bonds. The highest BCUT2D eigenvalue weighted by Gasteiger charge is 2.23. The van der Waals surface area contributed by atoms with Crippen LogP contribution in [0.2, 0.25) is 0 Å². The lowest BCUT2D eigenvalue weighted by atomic mass is 9.87. The molecule has 2 N–H and O–H groups in total. The molecular weight excluding hydrogens is 229 g/mol. The van der Waals surface area contributed by atoms with Gasteiger partial charge in [0.25, 0.3) is 0 Å². The molecule has 0 aliphatic carbocycles. The molecule has 1 atom stereocenters. The molecule has 16 heavy (non-hydrogen) atoms. The van der Waals surface area contributed by atoms with Crippen LogP contribution in [0.25, 0.3) is 0 Å². The summed E-state index contributed by atoms with van der Waals surface area (Å²) in [5, 5.41) is 0. The molecule has 0 radical (unpaired) electrons. The van der Waals surface area contributed by atoms with Crippen LogP contribution in [0.15, 0.2) is 24.3 Å². The van der Waals surface area contributed by atoms with Crippen LogP contribution in [-0.4, -0.2) is 13.2 Å². The minimum Gasteiger partial charge on any atom is -0.381 e. The summed E-state index contributed by atoms with van der Waals surface area (Å²) in [6, 6.07) is 6.56. The van der Waals surface area contributed by atoms with Gasteiger partial charge in [-0.2, -0.15) is 0 Å². The molecule has 1 aliphatic heterocycles. The number of halogens is 2. The van der Waals surface area contributed by atoms with E-state index in [1.165, 1.54) is 6.07 Å². The average Bonchev–Trinajstić information content (AvgIpc) is 2.30. The first-order valence-electron chi connectivity index (χ1n) is 5.37. The van der Waals surface area contributed by atoms with Crippen molar-refractivity contribution in [3.63, 3.8) is 0 Å². The van der Waals surface area contributed by atoms with Crippen molar-refractivity contribution in [3.8, 4) is 0 Å². The molecule has 1 fully saturated rings. The fourth-order valence-corrected chi connectivity index (χ4v) is 2.07. The van der Waals surface area contributed by atoms with Gasteiger partial charge in [0.2, 0.25) is 0 Å². The maximum absolute atomic E-state index is 13.5. The van der Waals surface area contributed by atoms with Gasteiger partial charge in [0.15, 0.2) is 0 Å². The molecule has 1 aromatic rings. The Kier molecular flexibility index (Phi) is 5.19. The number of nitrogens with two attached hydrogens (primary N) is 1. The van der Waals surface area contributed by atoms with Crippen LogP contribution in [0.4, 0.5) is 4.39 Å². The van der Waals surface area contributed by atoms with E-state index in [1.54, 1.807) is 12.1 Å². The molecule has 1 saturated heterocycles. The molecule has 1 unspecified atom stereocenters. The van der Waals surface area contributed by atoms with Gasteiger partial charge in [-0.05, 0) is 24.8 Å². The molecule has 0 aromatic heterocycles.